The molecule has 0 bridgehead atoms. The Labute approximate surface area is 54.4 Å². The Morgan fingerprint density at radius 2 is 2.00 bits per heavy atom. The maximum Gasteiger partial charge on any atom is 0.197 e. The molecule has 54 valence electrons. The summed E-state index contributed by atoms with van der Waals surface area (Å²) in [6.07, 6.45) is 0. The van der Waals surface area contributed by atoms with E-state index in [1.807, 2.05) is 20.8 Å². The topological polar surface area (TPSA) is 58.7 Å². The van der Waals surface area contributed by atoms with E-state index in [1.54, 1.807) is 0 Å². The van der Waals surface area contributed by atoms with E-state index in [-0.39, 0.29) is 16.8 Å². The molecule has 1 N–H and O–H groups in total. The quantitative estimate of drug-likeness (QED) is 0.333. The molecule has 0 atom stereocenters. The van der Waals surface area contributed by atoms with Gasteiger partial charge in [0, 0.05) is 5.41 Å². The van der Waals surface area contributed by atoms with E-state index in [2.05, 4.69) is 5.28 Å². The Morgan fingerprint density at radius 3 is 2.11 bits per heavy atom. The lowest BCUT2D eigenvalue weighted by molar-refractivity contribution is -0.567. The largest absolute Gasteiger partial charge is 0.597 e. The van der Waals surface area contributed by atoms with Crippen LogP contribution < -0.4 is 0 Å². The van der Waals surface area contributed by atoms with Crippen molar-refractivity contribution >= 4 is 0 Å². The van der Waals surface area contributed by atoms with Crippen molar-refractivity contribution in [3.05, 3.63) is 5.21 Å². The number of nitrogens with zero attached hydrogens (tertiary/aromatic N) is 2. The van der Waals surface area contributed by atoms with Gasteiger partial charge in [-0.1, -0.05) is 25.6 Å². The molecule has 0 unspecified atom stereocenters. The monoisotopic (exact) mass is 132 g/mol. The molecule has 0 aromatic heterocycles. The van der Waals surface area contributed by atoms with Crippen LogP contribution in [0.2, 0.25) is 0 Å². The third-order valence-corrected chi connectivity index (χ3v) is 0.709. The standard InChI is InChI=1S/C5H12N2O2/c1-5(2,3)4-7(9)6-8/h8H,4H2,1-3H3/b7-6-. The third-order valence-electron chi connectivity index (χ3n) is 0.709. The maximum absolute atomic E-state index is 10.3. The van der Waals surface area contributed by atoms with Crippen LogP contribution in [-0.4, -0.2) is 16.6 Å². The molecular weight excluding hydrogens is 120 g/mol. The number of hydrogen-bond donors (Lipinski definition) is 1. The van der Waals surface area contributed by atoms with Gasteiger partial charge in [-0.3, -0.25) is 0 Å². The van der Waals surface area contributed by atoms with E-state index in [0.717, 1.165) is 0 Å². The molecule has 0 spiro atoms. The second kappa shape index (κ2) is 2.66. The lowest BCUT2D eigenvalue weighted by atomic mass is 9.98. The van der Waals surface area contributed by atoms with Crippen LogP contribution in [0.4, 0.5) is 0 Å². The van der Waals surface area contributed by atoms with Crippen LogP contribution in [0.1, 0.15) is 20.8 Å². The van der Waals surface area contributed by atoms with Gasteiger partial charge in [-0.25, -0.2) is 0 Å². The Hall–Kier alpha value is -0.800. The van der Waals surface area contributed by atoms with Crippen molar-refractivity contribution in [3.63, 3.8) is 0 Å². The number of rotatable bonds is 1. The molecule has 4 nitrogen and oxygen atoms in total. The summed E-state index contributed by atoms with van der Waals surface area (Å²) in [6, 6.07) is 0. The van der Waals surface area contributed by atoms with E-state index in [1.165, 1.54) is 0 Å². The first-order valence-electron chi connectivity index (χ1n) is 2.75. The summed E-state index contributed by atoms with van der Waals surface area (Å²) in [5.41, 5.74) is -0.117. The molecule has 0 aliphatic heterocycles. The lowest BCUT2D eigenvalue weighted by Gasteiger charge is -2.12. The lowest BCUT2D eigenvalue weighted by Crippen LogP contribution is -2.19. The van der Waals surface area contributed by atoms with Gasteiger partial charge in [-0.05, 0) is 0 Å². The summed E-state index contributed by atoms with van der Waals surface area (Å²) in [5.74, 6) is 0. The van der Waals surface area contributed by atoms with Crippen molar-refractivity contribution < 1.29 is 10.1 Å². The zero-order chi connectivity index (χ0) is 7.49. The van der Waals surface area contributed by atoms with Gasteiger partial charge < -0.3 is 10.4 Å². The molecule has 0 aliphatic rings. The van der Waals surface area contributed by atoms with Crippen LogP contribution in [0, 0.1) is 10.6 Å². The Kier molecular flexibility index (Phi) is 2.42. The van der Waals surface area contributed by atoms with Crippen LogP contribution in [0.25, 0.3) is 0 Å². The minimum Gasteiger partial charge on any atom is -0.597 e. The van der Waals surface area contributed by atoms with Crippen LogP contribution >= 0.6 is 0 Å². The highest BCUT2D eigenvalue weighted by atomic mass is 16.6. The molecule has 0 aliphatic carbocycles. The zero-order valence-electron chi connectivity index (χ0n) is 5.96. The fraction of sp³-hybridized carbons (Fsp3) is 1.00. The fourth-order valence-corrected chi connectivity index (χ4v) is 0.437. The van der Waals surface area contributed by atoms with Gasteiger partial charge in [-0.2, -0.15) is 0 Å². The van der Waals surface area contributed by atoms with Gasteiger partial charge >= 0.3 is 0 Å². The third kappa shape index (κ3) is 5.06. The fourth-order valence-electron chi connectivity index (χ4n) is 0.437. The number of hydrogen-bond acceptors (Lipinski definition) is 2. The number of hydroxylamine groups is 1. The maximum atomic E-state index is 10.3. The van der Waals surface area contributed by atoms with E-state index >= 15 is 0 Å². The van der Waals surface area contributed by atoms with Crippen LogP contribution in [0.5, 0.6) is 0 Å². The summed E-state index contributed by atoms with van der Waals surface area (Å²) >= 11 is 0. The van der Waals surface area contributed by atoms with Gasteiger partial charge in [0.2, 0.25) is 0 Å². The Bertz CT molecular complexity index is 115. The molecule has 0 saturated heterocycles. The summed E-state index contributed by atoms with van der Waals surface area (Å²) in [6.45, 7) is 5.89. The summed E-state index contributed by atoms with van der Waals surface area (Å²) in [5, 5.41) is 20.7. The highest BCUT2D eigenvalue weighted by molar-refractivity contribution is 4.56. The molecule has 0 fully saturated rings. The smallest absolute Gasteiger partial charge is 0.197 e. The zero-order valence-corrected chi connectivity index (χ0v) is 5.96. The Balaban J connectivity index is 3.75. The Morgan fingerprint density at radius 1 is 1.56 bits per heavy atom. The molecular formula is C5H12N2O2. The van der Waals surface area contributed by atoms with Crippen molar-refractivity contribution in [1.29, 1.82) is 0 Å². The summed E-state index contributed by atoms with van der Waals surface area (Å²) in [7, 11) is 0. The van der Waals surface area contributed by atoms with Crippen LogP contribution in [-0.2, 0) is 0 Å². The minimum atomic E-state index is -0.117. The van der Waals surface area contributed by atoms with Gasteiger partial charge in [0.05, 0.1) is 0 Å². The van der Waals surface area contributed by atoms with Crippen molar-refractivity contribution in [1.82, 2.24) is 0 Å². The second-order valence-corrected chi connectivity index (χ2v) is 3.16. The van der Waals surface area contributed by atoms with Crippen molar-refractivity contribution in [3.8, 4) is 0 Å². The molecule has 0 saturated carbocycles. The van der Waals surface area contributed by atoms with E-state index < -0.39 is 0 Å². The van der Waals surface area contributed by atoms with E-state index in [4.69, 9.17) is 5.21 Å². The van der Waals surface area contributed by atoms with Crippen molar-refractivity contribution in [2.75, 3.05) is 6.54 Å². The summed E-state index contributed by atoms with van der Waals surface area (Å²) < 4.78 is 0. The van der Waals surface area contributed by atoms with Crippen molar-refractivity contribution in [2.45, 2.75) is 20.8 Å². The highest BCUT2D eigenvalue weighted by Gasteiger charge is 2.15. The minimum absolute atomic E-state index is 0.117. The van der Waals surface area contributed by atoms with Gasteiger partial charge in [-0.15, -0.1) is 0 Å². The average Bonchev–Trinajstić information content (AvgIpc) is 1.62. The molecule has 0 rings (SSSR count). The molecule has 0 aromatic rings. The summed E-state index contributed by atoms with van der Waals surface area (Å²) in [4.78, 5) is 0.264. The second-order valence-electron chi connectivity index (χ2n) is 3.16. The average molecular weight is 132 g/mol. The van der Waals surface area contributed by atoms with Gasteiger partial charge in [0.25, 0.3) is 0 Å². The van der Waals surface area contributed by atoms with Crippen molar-refractivity contribution in [2.24, 2.45) is 10.7 Å². The molecule has 0 heterocycles. The first-order valence-corrected chi connectivity index (χ1v) is 2.75. The molecule has 0 radical (unpaired) electrons. The first kappa shape index (κ1) is 8.20. The SMILES string of the molecule is CC(C)(C)C/[N+]([O-])=N/O. The van der Waals surface area contributed by atoms with E-state index in [9.17, 15) is 5.21 Å². The molecule has 0 amide bonds. The molecule has 4 heteroatoms. The highest BCUT2D eigenvalue weighted by Crippen LogP contribution is 2.11. The van der Waals surface area contributed by atoms with Crippen LogP contribution in [0.3, 0.4) is 0 Å². The normalized spacial score (nSPS) is 13.9. The van der Waals surface area contributed by atoms with Gasteiger partial charge in [0.15, 0.2) is 11.8 Å². The first-order chi connectivity index (χ1) is 3.95. The predicted molar refractivity (Wildman–Crippen MR) is 32.2 cm³/mol. The molecule has 0 aromatic carbocycles. The predicted octanol–water partition coefficient (Wildman–Crippen LogP) is 1.38. The van der Waals surface area contributed by atoms with Crippen LogP contribution in [0.15, 0.2) is 5.28 Å². The molecule has 9 heavy (non-hydrogen) atoms. The van der Waals surface area contributed by atoms with E-state index in [0.29, 0.717) is 0 Å². The van der Waals surface area contributed by atoms with Gasteiger partial charge in [0.1, 0.15) is 0 Å².